The summed E-state index contributed by atoms with van der Waals surface area (Å²) in [6, 6.07) is 7.13. The Morgan fingerprint density at radius 1 is 0.967 bits per heavy atom. The van der Waals surface area contributed by atoms with E-state index in [2.05, 4.69) is 5.32 Å². The van der Waals surface area contributed by atoms with E-state index in [1.54, 1.807) is 11.0 Å². The second-order valence-corrected chi connectivity index (χ2v) is 8.05. The van der Waals surface area contributed by atoms with Crippen LogP contribution < -0.4 is 5.32 Å². The van der Waals surface area contributed by atoms with E-state index in [1.165, 1.54) is 12.5 Å². The van der Waals surface area contributed by atoms with E-state index in [0.717, 1.165) is 31.5 Å². The summed E-state index contributed by atoms with van der Waals surface area (Å²) in [5.74, 6) is -0.242. The molecule has 0 unspecified atom stereocenters. The number of nitrogens with zero attached hydrogens (tertiary/aromatic N) is 2. The number of nitrogens with one attached hydrogen (secondary N) is 1. The van der Waals surface area contributed by atoms with Gasteiger partial charge in [0, 0.05) is 43.3 Å². The third kappa shape index (κ3) is 4.10. The van der Waals surface area contributed by atoms with Crippen LogP contribution in [0.3, 0.4) is 0 Å². The van der Waals surface area contributed by atoms with Crippen LogP contribution in [-0.2, 0) is 4.79 Å². The van der Waals surface area contributed by atoms with E-state index < -0.39 is 0 Å². The summed E-state index contributed by atoms with van der Waals surface area (Å²) in [6.07, 6.45) is 6.24. The van der Waals surface area contributed by atoms with Crippen molar-refractivity contribution in [3.05, 3.63) is 53.5 Å². The molecule has 0 radical (unpaired) electrons. The van der Waals surface area contributed by atoms with Gasteiger partial charge in [0.15, 0.2) is 0 Å². The summed E-state index contributed by atoms with van der Waals surface area (Å²) in [7, 11) is 0. The summed E-state index contributed by atoms with van der Waals surface area (Å²) in [6.45, 7) is 4.55. The van der Waals surface area contributed by atoms with Crippen molar-refractivity contribution in [2.45, 2.75) is 32.6 Å². The third-order valence-electron chi connectivity index (χ3n) is 6.14. The first kappa shape index (κ1) is 20.2. The minimum absolute atomic E-state index is 0.0344. The lowest BCUT2D eigenvalue weighted by Gasteiger charge is -2.31. The van der Waals surface area contributed by atoms with Gasteiger partial charge in [-0.1, -0.05) is 6.07 Å². The highest BCUT2D eigenvalue weighted by molar-refractivity contribution is 6.00. The van der Waals surface area contributed by atoms with Crippen LogP contribution in [-0.4, -0.2) is 53.7 Å². The summed E-state index contributed by atoms with van der Waals surface area (Å²) in [5, 5.41) is 3.01. The van der Waals surface area contributed by atoms with Crippen LogP contribution in [0.5, 0.6) is 0 Å². The molecular formula is C23H27N3O4. The molecule has 1 N–H and O–H groups in total. The van der Waals surface area contributed by atoms with Gasteiger partial charge in [0.1, 0.15) is 6.26 Å². The zero-order valence-corrected chi connectivity index (χ0v) is 17.2. The zero-order valence-electron chi connectivity index (χ0n) is 17.2. The SMILES string of the molecule is Cc1c(NC(=O)C2CCN(C(=O)c3ccoc3)CC2)cccc1C(=O)N1CCCC1. The number of hydrogen-bond acceptors (Lipinski definition) is 4. The van der Waals surface area contributed by atoms with Gasteiger partial charge in [0.25, 0.3) is 11.8 Å². The van der Waals surface area contributed by atoms with Crippen LogP contribution >= 0.6 is 0 Å². The predicted octanol–water partition coefficient (Wildman–Crippen LogP) is 3.31. The zero-order chi connectivity index (χ0) is 21.1. The number of likely N-dealkylation sites (tertiary alicyclic amines) is 2. The molecule has 0 saturated carbocycles. The minimum Gasteiger partial charge on any atom is -0.472 e. The Kier molecular flexibility index (Phi) is 5.88. The second kappa shape index (κ2) is 8.73. The highest BCUT2D eigenvalue weighted by Crippen LogP contribution is 2.25. The van der Waals surface area contributed by atoms with Crippen molar-refractivity contribution < 1.29 is 18.8 Å². The lowest BCUT2D eigenvalue weighted by atomic mass is 9.95. The monoisotopic (exact) mass is 409 g/mol. The molecule has 1 aromatic carbocycles. The van der Waals surface area contributed by atoms with E-state index in [9.17, 15) is 14.4 Å². The van der Waals surface area contributed by atoms with Crippen molar-refractivity contribution >= 4 is 23.4 Å². The van der Waals surface area contributed by atoms with Crippen molar-refractivity contribution in [3.63, 3.8) is 0 Å². The maximum atomic E-state index is 12.8. The van der Waals surface area contributed by atoms with Gasteiger partial charge < -0.3 is 19.5 Å². The van der Waals surface area contributed by atoms with Crippen molar-refractivity contribution in [2.24, 2.45) is 5.92 Å². The van der Waals surface area contributed by atoms with Gasteiger partial charge in [-0.25, -0.2) is 0 Å². The first-order chi connectivity index (χ1) is 14.5. The number of amides is 3. The molecule has 30 heavy (non-hydrogen) atoms. The summed E-state index contributed by atoms with van der Waals surface area (Å²) in [4.78, 5) is 41.7. The molecule has 2 aliphatic rings. The van der Waals surface area contributed by atoms with Gasteiger partial charge in [0.2, 0.25) is 5.91 Å². The Hall–Kier alpha value is -3.09. The van der Waals surface area contributed by atoms with Crippen LogP contribution in [0, 0.1) is 12.8 Å². The Morgan fingerprint density at radius 2 is 1.67 bits per heavy atom. The molecule has 2 aromatic rings. The highest BCUT2D eigenvalue weighted by Gasteiger charge is 2.29. The molecule has 1 aromatic heterocycles. The largest absolute Gasteiger partial charge is 0.472 e. The first-order valence-electron chi connectivity index (χ1n) is 10.6. The quantitative estimate of drug-likeness (QED) is 0.840. The second-order valence-electron chi connectivity index (χ2n) is 8.05. The van der Waals surface area contributed by atoms with E-state index in [-0.39, 0.29) is 23.6 Å². The first-order valence-corrected chi connectivity index (χ1v) is 10.6. The van der Waals surface area contributed by atoms with Crippen LogP contribution in [0.4, 0.5) is 5.69 Å². The predicted molar refractivity (Wildman–Crippen MR) is 112 cm³/mol. The number of rotatable bonds is 4. The van der Waals surface area contributed by atoms with E-state index >= 15 is 0 Å². The average Bonchev–Trinajstić information content (AvgIpc) is 3.49. The lowest BCUT2D eigenvalue weighted by Crippen LogP contribution is -2.41. The molecule has 2 fully saturated rings. The standard InChI is InChI=1S/C23H27N3O4/c1-16-19(23(29)25-10-2-3-11-25)5-4-6-20(16)24-21(27)17-7-12-26(13-8-17)22(28)18-9-14-30-15-18/h4-6,9,14-15,17H,2-3,7-8,10-13H2,1H3,(H,24,27). The molecule has 0 spiro atoms. The van der Waals surface area contributed by atoms with Crippen LogP contribution in [0.15, 0.2) is 41.2 Å². The molecule has 2 saturated heterocycles. The normalized spacial score (nSPS) is 17.2. The topological polar surface area (TPSA) is 82.9 Å². The summed E-state index contributed by atoms with van der Waals surface area (Å²) < 4.78 is 4.98. The van der Waals surface area contributed by atoms with Crippen molar-refractivity contribution in [1.82, 2.24) is 9.80 Å². The smallest absolute Gasteiger partial charge is 0.257 e. The number of furan rings is 1. The summed E-state index contributed by atoms with van der Waals surface area (Å²) in [5.41, 5.74) is 2.67. The average molecular weight is 409 g/mol. The molecular weight excluding hydrogens is 382 g/mol. The Morgan fingerprint density at radius 3 is 2.33 bits per heavy atom. The minimum atomic E-state index is -0.157. The number of benzene rings is 1. The molecule has 7 heteroatoms. The molecule has 0 atom stereocenters. The van der Waals surface area contributed by atoms with Crippen molar-refractivity contribution in [1.29, 1.82) is 0 Å². The van der Waals surface area contributed by atoms with Crippen LogP contribution in [0.25, 0.3) is 0 Å². The van der Waals surface area contributed by atoms with Gasteiger partial charge in [-0.15, -0.1) is 0 Å². The maximum Gasteiger partial charge on any atom is 0.257 e. The molecule has 3 amide bonds. The van der Waals surface area contributed by atoms with Gasteiger partial charge in [-0.2, -0.15) is 0 Å². The van der Waals surface area contributed by atoms with Crippen molar-refractivity contribution in [2.75, 3.05) is 31.5 Å². The fraction of sp³-hybridized carbons (Fsp3) is 0.435. The van der Waals surface area contributed by atoms with Crippen LogP contribution in [0.2, 0.25) is 0 Å². The van der Waals surface area contributed by atoms with Crippen molar-refractivity contribution in [3.8, 4) is 0 Å². The van der Waals surface area contributed by atoms with Crippen LogP contribution in [0.1, 0.15) is 52.0 Å². The Balaban J connectivity index is 1.37. The van der Waals surface area contributed by atoms with E-state index in [0.29, 0.717) is 42.7 Å². The van der Waals surface area contributed by atoms with Gasteiger partial charge in [-0.3, -0.25) is 14.4 Å². The Labute approximate surface area is 176 Å². The number of carbonyl (C=O) groups excluding carboxylic acids is 3. The molecule has 0 aliphatic carbocycles. The van der Waals surface area contributed by atoms with Gasteiger partial charge in [0.05, 0.1) is 11.8 Å². The highest BCUT2D eigenvalue weighted by atomic mass is 16.3. The maximum absolute atomic E-state index is 12.8. The molecule has 7 nitrogen and oxygen atoms in total. The molecule has 0 bridgehead atoms. The Bertz CT molecular complexity index is 924. The number of hydrogen-bond donors (Lipinski definition) is 1. The molecule has 3 heterocycles. The van der Waals surface area contributed by atoms with E-state index in [4.69, 9.17) is 4.42 Å². The lowest BCUT2D eigenvalue weighted by molar-refractivity contribution is -0.121. The fourth-order valence-electron chi connectivity index (χ4n) is 4.24. The summed E-state index contributed by atoms with van der Waals surface area (Å²) >= 11 is 0. The van der Waals surface area contributed by atoms with E-state index in [1.807, 2.05) is 30.0 Å². The molecule has 158 valence electrons. The number of anilines is 1. The molecule has 4 rings (SSSR count). The number of piperidine rings is 1. The van der Waals surface area contributed by atoms with Gasteiger partial charge >= 0.3 is 0 Å². The molecule has 2 aliphatic heterocycles. The third-order valence-corrected chi connectivity index (χ3v) is 6.14. The number of carbonyl (C=O) groups is 3. The fourth-order valence-corrected chi connectivity index (χ4v) is 4.24. The van der Waals surface area contributed by atoms with Gasteiger partial charge in [-0.05, 0) is 56.4 Å².